The van der Waals surface area contributed by atoms with Gasteiger partial charge in [-0.3, -0.25) is 9.69 Å². The largest absolute Gasteiger partial charge is 0.380 e. The maximum absolute atomic E-state index is 13.3. The van der Waals surface area contributed by atoms with E-state index in [0.717, 1.165) is 75.9 Å². The number of ether oxygens (including phenoxy) is 1. The predicted molar refractivity (Wildman–Crippen MR) is 113 cm³/mol. The number of hydrogen-bond donors (Lipinski definition) is 0. The number of piperidine rings is 1. The summed E-state index contributed by atoms with van der Waals surface area (Å²) in [6, 6.07) is 10.00. The van der Waals surface area contributed by atoms with Crippen LogP contribution in [0.15, 0.2) is 35.3 Å². The number of nitrogens with zero attached hydrogens (tertiary/aromatic N) is 5. The average Bonchev–Trinajstić information content (AvgIpc) is 3.05. The summed E-state index contributed by atoms with van der Waals surface area (Å²) in [6.07, 6.45) is 3.83. The fraction of sp³-hybridized carbons (Fsp3) is 0.522. The highest BCUT2D eigenvalue weighted by atomic mass is 16.5. The number of fused-ring (bicyclic) bond motifs is 4. The minimum atomic E-state index is 0.172. The van der Waals surface area contributed by atoms with E-state index in [1.165, 1.54) is 0 Å². The van der Waals surface area contributed by atoms with Gasteiger partial charge in [0.2, 0.25) is 0 Å². The number of aromatic nitrogens is 2. The molecule has 0 aliphatic carbocycles. The van der Waals surface area contributed by atoms with E-state index in [0.29, 0.717) is 23.9 Å². The summed E-state index contributed by atoms with van der Waals surface area (Å²) in [5.74, 6) is 1.60. The summed E-state index contributed by atoms with van der Waals surface area (Å²) in [6.45, 7) is 6.59. The van der Waals surface area contributed by atoms with Crippen LogP contribution in [0.2, 0.25) is 0 Å². The molecule has 0 saturated carbocycles. The molecule has 2 aromatic heterocycles. The van der Waals surface area contributed by atoms with Crippen LogP contribution in [0.1, 0.15) is 35.6 Å². The monoisotopic (exact) mass is 405 g/mol. The fourth-order valence-electron chi connectivity index (χ4n) is 5.16. The Morgan fingerprint density at radius 1 is 1.17 bits per heavy atom. The van der Waals surface area contributed by atoms with E-state index in [1.807, 2.05) is 16.7 Å². The third kappa shape index (κ3) is 3.73. The minimum Gasteiger partial charge on any atom is -0.380 e. The van der Waals surface area contributed by atoms with E-state index in [2.05, 4.69) is 26.9 Å². The molecule has 0 radical (unpaired) electrons. The van der Waals surface area contributed by atoms with Crippen molar-refractivity contribution < 1.29 is 4.74 Å². The molecule has 2 saturated heterocycles. The number of rotatable bonds is 3. The van der Waals surface area contributed by atoms with Gasteiger partial charge in [-0.25, -0.2) is 4.98 Å². The fourth-order valence-corrected chi connectivity index (χ4v) is 5.16. The van der Waals surface area contributed by atoms with Crippen molar-refractivity contribution in [3.8, 4) is 6.07 Å². The lowest BCUT2D eigenvalue weighted by atomic mass is 9.83. The molecule has 30 heavy (non-hydrogen) atoms. The van der Waals surface area contributed by atoms with Crippen molar-refractivity contribution in [1.29, 1.82) is 5.26 Å². The molecule has 0 spiro atoms. The third-order valence-electron chi connectivity index (χ3n) is 6.59. The number of anilines is 1. The highest BCUT2D eigenvalue weighted by Gasteiger charge is 2.35. The molecule has 7 heteroatoms. The summed E-state index contributed by atoms with van der Waals surface area (Å²) in [5.41, 5.74) is 2.84. The maximum atomic E-state index is 13.3. The summed E-state index contributed by atoms with van der Waals surface area (Å²) in [4.78, 5) is 22.4. The zero-order chi connectivity index (χ0) is 20.5. The Bertz CT molecular complexity index is 1020. The number of nitriles is 1. The first-order valence-corrected chi connectivity index (χ1v) is 10.8. The summed E-state index contributed by atoms with van der Waals surface area (Å²) in [5, 5.41) is 9.20. The lowest BCUT2D eigenvalue weighted by Crippen LogP contribution is -2.48. The molecule has 156 valence electrons. The van der Waals surface area contributed by atoms with Gasteiger partial charge in [-0.2, -0.15) is 5.26 Å². The normalized spacial score (nSPS) is 24.0. The molecule has 5 rings (SSSR count). The van der Waals surface area contributed by atoms with Gasteiger partial charge in [-0.1, -0.05) is 6.07 Å². The molecule has 0 aromatic carbocycles. The second-order valence-corrected chi connectivity index (χ2v) is 8.66. The van der Waals surface area contributed by atoms with Gasteiger partial charge in [-0.05, 0) is 37.0 Å². The second kappa shape index (κ2) is 8.21. The van der Waals surface area contributed by atoms with Gasteiger partial charge < -0.3 is 14.2 Å². The SMILES string of the molecule is N#Cc1ccnc(N2C[C@@H]3C[C@H](C2)c2ccc(CN4CCCOCC4)c(=O)n2C3)c1. The van der Waals surface area contributed by atoms with E-state index in [1.54, 1.807) is 12.3 Å². The van der Waals surface area contributed by atoms with Gasteiger partial charge in [0.05, 0.1) is 18.2 Å². The lowest BCUT2D eigenvalue weighted by molar-refractivity contribution is 0.140. The van der Waals surface area contributed by atoms with Crippen LogP contribution < -0.4 is 10.5 Å². The van der Waals surface area contributed by atoms with Crippen molar-refractivity contribution in [3.63, 3.8) is 0 Å². The van der Waals surface area contributed by atoms with Crippen molar-refractivity contribution in [2.75, 3.05) is 44.3 Å². The number of hydrogen-bond acceptors (Lipinski definition) is 6. The number of pyridine rings is 2. The first-order chi connectivity index (χ1) is 14.7. The van der Waals surface area contributed by atoms with Crippen LogP contribution in [-0.4, -0.2) is 53.8 Å². The van der Waals surface area contributed by atoms with Crippen LogP contribution in [-0.2, 0) is 17.8 Å². The van der Waals surface area contributed by atoms with Gasteiger partial charge in [0, 0.05) is 69.2 Å². The topological polar surface area (TPSA) is 74.4 Å². The second-order valence-electron chi connectivity index (χ2n) is 8.66. The molecule has 7 nitrogen and oxygen atoms in total. The van der Waals surface area contributed by atoms with Crippen LogP contribution in [0.3, 0.4) is 0 Å². The van der Waals surface area contributed by atoms with Crippen LogP contribution in [0.4, 0.5) is 5.82 Å². The zero-order valence-electron chi connectivity index (χ0n) is 17.2. The average molecular weight is 406 g/mol. The summed E-state index contributed by atoms with van der Waals surface area (Å²) in [7, 11) is 0. The quantitative estimate of drug-likeness (QED) is 0.777. The molecular weight excluding hydrogens is 378 g/mol. The molecule has 2 fully saturated rings. The van der Waals surface area contributed by atoms with Gasteiger partial charge in [0.1, 0.15) is 5.82 Å². The van der Waals surface area contributed by atoms with Gasteiger partial charge in [0.25, 0.3) is 5.56 Å². The Morgan fingerprint density at radius 2 is 2.10 bits per heavy atom. The molecular formula is C23H27N5O2. The lowest BCUT2D eigenvalue weighted by Gasteiger charge is -2.43. The molecule has 5 heterocycles. The highest BCUT2D eigenvalue weighted by Crippen LogP contribution is 2.36. The molecule has 3 aliphatic rings. The smallest absolute Gasteiger partial charge is 0.255 e. The Labute approximate surface area is 176 Å². The van der Waals surface area contributed by atoms with E-state index in [-0.39, 0.29) is 5.56 Å². The molecule has 2 atom stereocenters. The molecule has 0 N–H and O–H groups in total. The van der Waals surface area contributed by atoms with E-state index < -0.39 is 0 Å². The molecule has 3 aliphatic heterocycles. The van der Waals surface area contributed by atoms with Gasteiger partial charge in [0.15, 0.2) is 0 Å². The summed E-state index contributed by atoms with van der Waals surface area (Å²) < 4.78 is 7.57. The maximum Gasteiger partial charge on any atom is 0.255 e. The van der Waals surface area contributed by atoms with Crippen LogP contribution in [0.25, 0.3) is 0 Å². The molecule has 0 unspecified atom stereocenters. The Balaban J connectivity index is 1.38. The standard InChI is InChI=1S/C23H27N5O2/c24-12-17-4-5-25-22(11-17)27-13-18-10-20(16-27)21-3-2-19(23(29)28(21)14-18)15-26-6-1-8-30-9-7-26/h2-5,11,18,20H,1,6-10,13-16H2/t18-,20+/m0/s1. The summed E-state index contributed by atoms with van der Waals surface area (Å²) >= 11 is 0. The van der Waals surface area contributed by atoms with Crippen molar-refractivity contribution in [2.24, 2.45) is 5.92 Å². The predicted octanol–water partition coefficient (Wildman–Crippen LogP) is 1.96. The van der Waals surface area contributed by atoms with Crippen LogP contribution >= 0.6 is 0 Å². The minimum absolute atomic E-state index is 0.172. The molecule has 0 amide bonds. The van der Waals surface area contributed by atoms with Crippen molar-refractivity contribution >= 4 is 5.82 Å². The van der Waals surface area contributed by atoms with Crippen LogP contribution in [0.5, 0.6) is 0 Å². The first kappa shape index (κ1) is 19.3. The Kier molecular flexibility index (Phi) is 5.28. The van der Waals surface area contributed by atoms with Crippen molar-refractivity contribution in [3.05, 3.63) is 57.6 Å². The Hall–Kier alpha value is -2.69. The van der Waals surface area contributed by atoms with Crippen molar-refractivity contribution in [2.45, 2.75) is 31.8 Å². The van der Waals surface area contributed by atoms with E-state index in [4.69, 9.17) is 4.74 Å². The zero-order valence-corrected chi connectivity index (χ0v) is 17.2. The van der Waals surface area contributed by atoms with Gasteiger partial charge >= 0.3 is 0 Å². The van der Waals surface area contributed by atoms with E-state index in [9.17, 15) is 10.1 Å². The third-order valence-corrected chi connectivity index (χ3v) is 6.59. The van der Waals surface area contributed by atoms with Crippen molar-refractivity contribution in [1.82, 2.24) is 14.5 Å². The first-order valence-electron chi connectivity index (χ1n) is 10.8. The molecule has 2 aromatic rings. The van der Waals surface area contributed by atoms with E-state index >= 15 is 0 Å². The highest BCUT2D eigenvalue weighted by molar-refractivity contribution is 5.46. The molecule has 2 bridgehead atoms. The van der Waals surface area contributed by atoms with Crippen LogP contribution in [0, 0.1) is 17.2 Å². The Morgan fingerprint density at radius 3 is 3.00 bits per heavy atom. The van der Waals surface area contributed by atoms with Gasteiger partial charge in [-0.15, -0.1) is 0 Å².